The molecule has 3 aromatic carbocycles. The summed E-state index contributed by atoms with van der Waals surface area (Å²) in [5, 5.41) is 3.88. The zero-order chi connectivity index (χ0) is 22.5. The Bertz CT molecular complexity index is 1190. The van der Waals surface area contributed by atoms with Gasteiger partial charge in [-0.2, -0.15) is 0 Å². The first kappa shape index (κ1) is 21.9. The summed E-state index contributed by atoms with van der Waals surface area (Å²) in [6, 6.07) is 18.5. The van der Waals surface area contributed by atoms with E-state index in [9.17, 15) is 9.18 Å². The van der Waals surface area contributed by atoms with Gasteiger partial charge in [0.25, 0.3) is 5.91 Å². The molecule has 162 valence electrons. The van der Waals surface area contributed by atoms with Gasteiger partial charge in [-0.3, -0.25) is 4.79 Å². The monoisotopic (exact) mass is 468 g/mol. The molecule has 1 heterocycles. The second-order valence-corrected chi connectivity index (χ2v) is 8.25. The minimum absolute atomic E-state index is 0.224. The predicted molar refractivity (Wildman–Crippen MR) is 126 cm³/mol. The van der Waals surface area contributed by atoms with Crippen LogP contribution in [0.1, 0.15) is 11.1 Å². The fourth-order valence-corrected chi connectivity index (χ4v) is 3.87. The molecule has 0 saturated carbocycles. The summed E-state index contributed by atoms with van der Waals surface area (Å²) in [4.78, 5) is 17.3. The number of nitrogens with zero attached hydrogens (tertiary/aromatic N) is 1. The van der Waals surface area contributed by atoms with Gasteiger partial charge in [-0.1, -0.05) is 29.8 Å². The molecule has 0 spiro atoms. The smallest absolute Gasteiger partial charge is 0.264 e. The molecule has 4 rings (SSSR count). The predicted octanol–water partition coefficient (Wildman–Crippen LogP) is 5.96. The molecule has 0 aromatic heterocycles. The number of benzene rings is 3. The Morgan fingerprint density at radius 2 is 1.81 bits per heavy atom. The van der Waals surface area contributed by atoms with Gasteiger partial charge in [0.2, 0.25) is 0 Å². The van der Waals surface area contributed by atoms with Crippen LogP contribution in [0.4, 0.5) is 10.1 Å². The number of amides is 1. The molecule has 1 aliphatic heterocycles. The molecule has 8 heteroatoms. The Kier molecular flexibility index (Phi) is 6.78. The van der Waals surface area contributed by atoms with Crippen molar-refractivity contribution in [3.63, 3.8) is 0 Å². The van der Waals surface area contributed by atoms with Crippen LogP contribution < -0.4 is 14.8 Å². The van der Waals surface area contributed by atoms with Crippen LogP contribution in [-0.2, 0) is 11.4 Å². The molecule has 0 radical (unpaired) electrons. The SMILES string of the molecule is COc1cc(C=C2SC(=Nc3ccc(Cl)cc3)NC2=O)ccc1OCc1ccc(F)cc1. The topological polar surface area (TPSA) is 59.9 Å². The number of thioether (sulfide) groups is 1. The van der Waals surface area contributed by atoms with Gasteiger partial charge in [-0.15, -0.1) is 0 Å². The number of halogens is 2. The van der Waals surface area contributed by atoms with Crippen LogP contribution in [0.25, 0.3) is 6.08 Å². The minimum atomic E-state index is -0.293. The van der Waals surface area contributed by atoms with Crippen molar-refractivity contribution in [2.75, 3.05) is 7.11 Å². The van der Waals surface area contributed by atoms with Crippen molar-refractivity contribution in [2.24, 2.45) is 4.99 Å². The van der Waals surface area contributed by atoms with E-state index in [1.54, 1.807) is 61.7 Å². The summed E-state index contributed by atoms with van der Waals surface area (Å²) in [6.45, 7) is 0.278. The van der Waals surface area contributed by atoms with Crippen molar-refractivity contribution in [3.05, 3.63) is 93.6 Å². The number of hydrogen-bond donors (Lipinski definition) is 1. The lowest BCUT2D eigenvalue weighted by Crippen LogP contribution is -2.19. The number of carbonyl (C=O) groups is 1. The van der Waals surface area contributed by atoms with Crippen LogP contribution in [0, 0.1) is 5.82 Å². The summed E-state index contributed by atoms with van der Waals surface area (Å²) >= 11 is 7.15. The lowest BCUT2D eigenvalue weighted by molar-refractivity contribution is -0.115. The number of hydrogen-bond acceptors (Lipinski definition) is 5. The lowest BCUT2D eigenvalue weighted by Gasteiger charge is -2.11. The van der Waals surface area contributed by atoms with Gasteiger partial charge in [0.15, 0.2) is 16.7 Å². The molecule has 0 aliphatic carbocycles. The van der Waals surface area contributed by atoms with Crippen LogP contribution in [0.3, 0.4) is 0 Å². The van der Waals surface area contributed by atoms with Crippen molar-refractivity contribution in [1.29, 1.82) is 0 Å². The highest BCUT2D eigenvalue weighted by Gasteiger charge is 2.24. The molecule has 5 nitrogen and oxygen atoms in total. The van der Waals surface area contributed by atoms with E-state index < -0.39 is 0 Å². The Hall–Kier alpha value is -3.29. The summed E-state index contributed by atoms with van der Waals surface area (Å²) in [5.74, 6) is 0.560. The first-order valence-corrected chi connectivity index (χ1v) is 10.8. The number of methoxy groups -OCH3 is 1. The molecular formula is C24H18ClFN2O3S. The van der Waals surface area contributed by atoms with Crippen molar-refractivity contribution in [1.82, 2.24) is 5.32 Å². The van der Waals surface area contributed by atoms with Crippen molar-refractivity contribution in [3.8, 4) is 11.5 Å². The normalized spacial score (nSPS) is 15.8. The third kappa shape index (κ3) is 5.49. The van der Waals surface area contributed by atoms with Gasteiger partial charge >= 0.3 is 0 Å². The third-order valence-electron chi connectivity index (χ3n) is 4.50. The van der Waals surface area contributed by atoms with Gasteiger partial charge in [0.1, 0.15) is 12.4 Å². The maximum absolute atomic E-state index is 13.0. The number of amidine groups is 1. The van der Waals surface area contributed by atoms with Crippen molar-refractivity contribution < 1.29 is 18.7 Å². The van der Waals surface area contributed by atoms with E-state index in [1.165, 1.54) is 23.9 Å². The Balaban J connectivity index is 1.47. The molecule has 1 amide bonds. The largest absolute Gasteiger partial charge is 0.493 e. The van der Waals surface area contributed by atoms with Crippen molar-refractivity contribution in [2.45, 2.75) is 6.61 Å². The van der Waals surface area contributed by atoms with Gasteiger partial charge in [0, 0.05) is 5.02 Å². The van der Waals surface area contributed by atoms with E-state index in [0.29, 0.717) is 32.3 Å². The molecule has 1 saturated heterocycles. The first-order valence-electron chi connectivity index (χ1n) is 9.60. The van der Waals surface area contributed by atoms with E-state index in [0.717, 1.165) is 11.1 Å². The van der Waals surface area contributed by atoms with Crippen LogP contribution in [0.5, 0.6) is 11.5 Å². The molecule has 0 bridgehead atoms. The molecular weight excluding hydrogens is 451 g/mol. The highest BCUT2D eigenvalue weighted by molar-refractivity contribution is 8.18. The average Bonchev–Trinajstić information content (AvgIpc) is 3.13. The number of nitrogens with one attached hydrogen (secondary N) is 1. The molecule has 32 heavy (non-hydrogen) atoms. The second kappa shape index (κ2) is 9.89. The average molecular weight is 469 g/mol. The van der Waals surface area contributed by atoms with Gasteiger partial charge < -0.3 is 14.8 Å². The van der Waals surface area contributed by atoms with Crippen LogP contribution in [-0.4, -0.2) is 18.2 Å². The molecule has 1 N–H and O–H groups in total. The maximum Gasteiger partial charge on any atom is 0.264 e. The van der Waals surface area contributed by atoms with E-state index in [-0.39, 0.29) is 18.3 Å². The van der Waals surface area contributed by atoms with Gasteiger partial charge in [-0.05, 0) is 77.5 Å². The Morgan fingerprint density at radius 1 is 1.06 bits per heavy atom. The molecule has 1 aliphatic rings. The van der Waals surface area contributed by atoms with Gasteiger partial charge in [-0.25, -0.2) is 9.38 Å². The van der Waals surface area contributed by atoms with E-state index in [1.807, 2.05) is 6.07 Å². The zero-order valence-electron chi connectivity index (χ0n) is 17.0. The summed E-state index contributed by atoms with van der Waals surface area (Å²) in [5.41, 5.74) is 2.32. The number of aliphatic imine (C=N–C) groups is 1. The third-order valence-corrected chi connectivity index (χ3v) is 5.66. The summed E-state index contributed by atoms with van der Waals surface area (Å²) in [7, 11) is 1.55. The minimum Gasteiger partial charge on any atom is -0.493 e. The quantitative estimate of drug-likeness (QED) is 0.453. The molecule has 1 fully saturated rings. The van der Waals surface area contributed by atoms with Crippen molar-refractivity contribution >= 4 is 46.2 Å². The summed E-state index contributed by atoms with van der Waals surface area (Å²) < 4.78 is 24.3. The standard InChI is InChI=1S/C24H18ClFN2O3S/c1-30-21-12-16(4-11-20(21)31-14-15-2-7-18(26)8-3-15)13-22-23(29)28-24(32-22)27-19-9-5-17(25)6-10-19/h2-13H,14H2,1H3,(H,27,28,29). The molecule has 3 aromatic rings. The van der Waals surface area contributed by atoms with Crippen LogP contribution >= 0.6 is 23.4 Å². The van der Waals surface area contributed by atoms with E-state index in [2.05, 4.69) is 10.3 Å². The highest BCUT2D eigenvalue weighted by Crippen LogP contribution is 2.32. The Morgan fingerprint density at radius 3 is 2.53 bits per heavy atom. The zero-order valence-corrected chi connectivity index (χ0v) is 18.5. The fourth-order valence-electron chi connectivity index (χ4n) is 2.90. The van der Waals surface area contributed by atoms with E-state index >= 15 is 0 Å². The number of ether oxygens (including phenoxy) is 2. The maximum atomic E-state index is 13.0. The van der Waals surface area contributed by atoms with Gasteiger partial charge in [0.05, 0.1) is 17.7 Å². The van der Waals surface area contributed by atoms with E-state index in [4.69, 9.17) is 21.1 Å². The molecule has 0 atom stereocenters. The summed E-state index contributed by atoms with van der Waals surface area (Å²) in [6.07, 6.45) is 1.76. The highest BCUT2D eigenvalue weighted by atomic mass is 35.5. The fraction of sp³-hybridized carbons (Fsp3) is 0.0833. The lowest BCUT2D eigenvalue weighted by atomic mass is 10.2. The Labute approximate surface area is 193 Å². The second-order valence-electron chi connectivity index (χ2n) is 6.78. The van der Waals surface area contributed by atoms with Crippen LogP contribution in [0.2, 0.25) is 5.02 Å². The number of rotatable bonds is 6. The van der Waals surface area contributed by atoms with Crippen LogP contribution in [0.15, 0.2) is 76.6 Å². The first-order chi connectivity index (χ1) is 15.5. The molecule has 0 unspecified atom stereocenters. The number of carbonyl (C=O) groups excluding carboxylic acids is 1.